The minimum atomic E-state index is 0.121. The van der Waals surface area contributed by atoms with Gasteiger partial charge in [-0.15, -0.1) is 0 Å². The molecule has 2 aliphatic rings. The van der Waals surface area contributed by atoms with Gasteiger partial charge in [-0.3, -0.25) is 4.79 Å². The van der Waals surface area contributed by atoms with Crippen LogP contribution >= 0.6 is 0 Å². The fourth-order valence-corrected chi connectivity index (χ4v) is 4.11. The summed E-state index contributed by atoms with van der Waals surface area (Å²) in [7, 11) is 1.69. The molecule has 0 radical (unpaired) electrons. The molecule has 0 amide bonds. The predicted molar refractivity (Wildman–Crippen MR) is 101 cm³/mol. The molecule has 1 saturated heterocycles. The summed E-state index contributed by atoms with van der Waals surface area (Å²) in [6.45, 7) is 5.50. The number of likely N-dealkylation sites (tertiary alicyclic amines) is 1. The molecule has 1 aliphatic heterocycles. The average Bonchev–Trinajstić information content (AvgIpc) is 3.45. The van der Waals surface area contributed by atoms with Gasteiger partial charge < -0.3 is 9.64 Å². The highest BCUT2D eigenvalue weighted by molar-refractivity contribution is 6.02. The van der Waals surface area contributed by atoms with E-state index in [1.165, 1.54) is 19.4 Å². The summed E-state index contributed by atoms with van der Waals surface area (Å²) >= 11 is 0. The van der Waals surface area contributed by atoms with Gasteiger partial charge in [-0.2, -0.15) is 0 Å². The van der Waals surface area contributed by atoms with Gasteiger partial charge in [-0.1, -0.05) is 25.1 Å². The number of hydrogen-bond acceptors (Lipinski definition) is 3. The van der Waals surface area contributed by atoms with Crippen LogP contribution in [0.5, 0.6) is 5.75 Å². The van der Waals surface area contributed by atoms with Crippen LogP contribution in [0.15, 0.2) is 36.4 Å². The number of nitrogens with zero attached hydrogens (tertiary/aromatic N) is 1. The van der Waals surface area contributed by atoms with Crippen molar-refractivity contribution in [3.8, 4) is 5.75 Å². The first-order chi connectivity index (χ1) is 12.2. The largest absolute Gasteiger partial charge is 0.496 e. The van der Waals surface area contributed by atoms with Crippen LogP contribution in [0.1, 0.15) is 36.5 Å². The second-order valence-corrected chi connectivity index (χ2v) is 7.84. The first-order valence-corrected chi connectivity index (χ1v) is 9.49. The van der Waals surface area contributed by atoms with E-state index in [1.54, 1.807) is 7.11 Å². The van der Waals surface area contributed by atoms with E-state index < -0.39 is 0 Å². The van der Waals surface area contributed by atoms with Crippen LogP contribution in [0.4, 0.5) is 0 Å². The Labute approximate surface area is 150 Å². The second kappa shape index (κ2) is 6.80. The van der Waals surface area contributed by atoms with E-state index in [4.69, 9.17) is 4.74 Å². The first-order valence-electron chi connectivity index (χ1n) is 9.49. The Morgan fingerprint density at radius 1 is 1.20 bits per heavy atom. The zero-order chi connectivity index (χ0) is 17.4. The molecular formula is C22H27NO2. The number of ether oxygens (including phenoxy) is 1. The zero-order valence-corrected chi connectivity index (χ0v) is 15.2. The van der Waals surface area contributed by atoms with Gasteiger partial charge in [0.1, 0.15) is 5.75 Å². The molecule has 0 bridgehead atoms. The molecule has 2 aromatic carbocycles. The number of fused-ring (bicyclic) bond motifs is 1. The lowest BCUT2D eigenvalue weighted by atomic mass is 9.81. The summed E-state index contributed by atoms with van der Waals surface area (Å²) < 4.78 is 5.43. The Bertz CT molecular complexity index is 781. The third kappa shape index (κ3) is 3.43. The Morgan fingerprint density at radius 3 is 2.80 bits per heavy atom. The number of carbonyl (C=O) groups excluding carboxylic acids is 1. The van der Waals surface area contributed by atoms with Crippen LogP contribution in [0.2, 0.25) is 0 Å². The van der Waals surface area contributed by atoms with Crippen molar-refractivity contribution in [2.45, 2.75) is 26.2 Å². The van der Waals surface area contributed by atoms with Gasteiger partial charge in [0.2, 0.25) is 0 Å². The SMILES string of the molecule is COc1cccc2cc(C(=O)C3CN(CC4CC4)CCC3C)ccc12. The zero-order valence-electron chi connectivity index (χ0n) is 15.2. The summed E-state index contributed by atoms with van der Waals surface area (Å²) in [4.78, 5) is 15.7. The Kier molecular flexibility index (Phi) is 4.51. The number of hydrogen-bond donors (Lipinski definition) is 0. The monoisotopic (exact) mass is 337 g/mol. The fourth-order valence-electron chi connectivity index (χ4n) is 4.11. The van der Waals surface area contributed by atoms with Gasteiger partial charge in [0.15, 0.2) is 5.78 Å². The molecule has 1 saturated carbocycles. The smallest absolute Gasteiger partial charge is 0.167 e. The van der Waals surface area contributed by atoms with E-state index in [2.05, 4.69) is 17.9 Å². The van der Waals surface area contributed by atoms with Gasteiger partial charge in [-0.05, 0) is 61.2 Å². The van der Waals surface area contributed by atoms with E-state index >= 15 is 0 Å². The maximum Gasteiger partial charge on any atom is 0.167 e. The van der Waals surface area contributed by atoms with Crippen molar-refractivity contribution in [2.75, 3.05) is 26.7 Å². The third-order valence-electron chi connectivity index (χ3n) is 5.94. The Hall–Kier alpha value is -1.87. The summed E-state index contributed by atoms with van der Waals surface area (Å²) in [5, 5.41) is 2.14. The molecule has 132 valence electrons. The topological polar surface area (TPSA) is 29.5 Å². The summed E-state index contributed by atoms with van der Waals surface area (Å²) in [5.41, 5.74) is 0.839. The van der Waals surface area contributed by atoms with Gasteiger partial charge in [0.25, 0.3) is 0 Å². The average molecular weight is 337 g/mol. The van der Waals surface area contributed by atoms with Crippen LogP contribution in [0.25, 0.3) is 10.8 Å². The summed E-state index contributed by atoms with van der Waals surface area (Å²) in [6, 6.07) is 12.0. The first kappa shape index (κ1) is 16.6. The quantitative estimate of drug-likeness (QED) is 0.758. The maximum absolute atomic E-state index is 13.2. The van der Waals surface area contributed by atoms with Gasteiger partial charge in [0.05, 0.1) is 7.11 Å². The van der Waals surface area contributed by atoms with Crippen molar-refractivity contribution in [1.82, 2.24) is 4.90 Å². The summed E-state index contributed by atoms with van der Waals surface area (Å²) in [6.07, 6.45) is 3.87. The molecule has 1 heterocycles. The van der Waals surface area contributed by atoms with Crippen LogP contribution in [0, 0.1) is 17.8 Å². The highest BCUT2D eigenvalue weighted by atomic mass is 16.5. The van der Waals surface area contributed by atoms with E-state index in [9.17, 15) is 4.79 Å². The normalized spacial score (nSPS) is 24.4. The van der Waals surface area contributed by atoms with Crippen LogP contribution in [-0.4, -0.2) is 37.4 Å². The van der Waals surface area contributed by atoms with Gasteiger partial charge in [0, 0.05) is 30.0 Å². The van der Waals surface area contributed by atoms with Crippen molar-refractivity contribution in [3.63, 3.8) is 0 Å². The minimum Gasteiger partial charge on any atom is -0.496 e. The molecule has 1 aliphatic carbocycles. The molecule has 2 unspecified atom stereocenters. The molecular weight excluding hydrogens is 310 g/mol. The van der Waals surface area contributed by atoms with Crippen molar-refractivity contribution in [1.29, 1.82) is 0 Å². The number of carbonyl (C=O) groups is 1. The van der Waals surface area contributed by atoms with Crippen LogP contribution in [-0.2, 0) is 0 Å². The second-order valence-electron chi connectivity index (χ2n) is 7.84. The predicted octanol–water partition coefficient (Wildman–Crippen LogP) is 4.40. The number of benzene rings is 2. The Morgan fingerprint density at radius 2 is 2.04 bits per heavy atom. The number of piperidine rings is 1. The molecule has 3 heteroatoms. The molecule has 0 N–H and O–H groups in total. The maximum atomic E-state index is 13.2. The van der Waals surface area contributed by atoms with Crippen LogP contribution in [0.3, 0.4) is 0 Å². The third-order valence-corrected chi connectivity index (χ3v) is 5.94. The highest BCUT2D eigenvalue weighted by Gasteiger charge is 2.34. The summed E-state index contributed by atoms with van der Waals surface area (Å²) in [5.74, 6) is 2.63. The molecule has 0 spiro atoms. The molecule has 3 nitrogen and oxygen atoms in total. The lowest BCUT2D eigenvalue weighted by molar-refractivity contribution is 0.0711. The van der Waals surface area contributed by atoms with Crippen LogP contribution < -0.4 is 4.74 Å². The molecule has 25 heavy (non-hydrogen) atoms. The molecule has 0 aromatic heterocycles. The van der Waals surface area contributed by atoms with E-state index in [1.807, 2.05) is 30.3 Å². The van der Waals surface area contributed by atoms with E-state index in [0.717, 1.165) is 47.5 Å². The van der Waals surface area contributed by atoms with Gasteiger partial charge >= 0.3 is 0 Å². The van der Waals surface area contributed by atoms with Gasteiger partial charge in [-0.25, -0.2) is 0 Å². The molecule has 2 fully saturated rings. The highest BCUT2D eigenvalue weighted by Crippen LogP contribution is 2.34. The fraction of sp³-hybridized carbons (Fsp3) is 0.500. The molecule has 2 atom stereocenters. The molecule has 4 rings (SSSR count). The lowest BCUT2D eigenvalue weighted by Gasteiger charge is -2.36. The number of rotatable bonds is 5. The van der Waals surface area contributed by atoms with E-state index in [0.29, 0.717) is 11.7 Å². The standard InChI is InChI=1S/C22H27NO2/c1-15-10-11-23(13-16-6-7-16)14-20(15)22(24)18-8-9-19-17(12-18)4-3-5-21(19)25-2/h3-5,8-9,12,15-16,20H,6-7,10-11,13-14H2,1-2H3. The number of ketones is 1. The Balaban J connectivity index is 1.57. The number of Topliss-reactive ketones (excluding diaryl/α,β-unsaturated/α-hetero) is 1. The number of methoxy groups -OCH3 is 1. The van der Waals surface area contributed by atoms with Crippen molar-refractivity contribution in [3.05, 3.63) is 42.0 Å². The van der Waals surface area contributed by atoms with Crippen molar-refractivity contribution >= 4 is 16.6 Å². The molecule has 2 aromatic rings. The lowest BCUT2D eigenvalue weighted by Crippen LogP contribution is -2.43. The minimum absolute atomic E-state index is 0.121. The van der Waals surface area contributed by atoms with E-state index in [-0.39, 0.29) is 5.92 Å². The van der Waals surface area contributed by atoms with Crippen molar-refractivity contribution in [2.24, 2.45) is 17.8 Å². The van der Waals surface area contributed by atoms with Crippen molar-refractivity contribution < 1.29 is 9.53 Å².